The zero-order valence-corrected chi connectivity index (χ0v) is 9.52. The van der Waals surface area contributed by atoms with Gasteiger partial charge in [0.25, 0.3) is 0 Å². The lowest BCUT2D eigenvalue weighted by atomic mass is 10.2. The van der Waals surface area contributed by atoms with Crippen molar-refractivity contribution in [1.82, 2.24) is 0 Å². The van der Waals surface area contributed by atoms with E-state index in [1.165, 1.54) is 0 Å². The Morgan fingerprint density at radius 3 is 2.31 bits per heavy atom. The van der Waals surface area contributed by atoms with Gasteiger partial charge in [-0.15, -0.1) is 0 Å². The van der Waals surface area contributed by atoms with Crippen molar-refractivity contribution in [3.8, 4) is 0 Å². The number of carbonyl (C=O) groups excluding carboxylic acids is 1. The number of hydrogen-bond acceptors (Lipinski definition) is 3. The van der Waals surface area contributed by atoms with Crippen molar-refractivity contribution >= 4 is 16.8 Å². The fraction of sp³-hybridized carbons (Fsp3) is 0.889. The summed E-state index contributed by atoms with van der Waals surface area (Å²) < 4.78 is 16.2. The van der Waals surface area contributed by atoms with Crippen molar-refractivity contribution in [2.45, 2.75) is 32.9 Å². The summed E-state index contributed by atoms with van der Waals surface area (Å²) in [7, 11) is -0.927. The summed E-state index contributed by atoms with van der Waals surface area (Å²) in [5.41, 5.74) is 0. The summed E-state index contributed by atoms with van der Waals surface area (Å²) in [6.45, 7) is 7.67. The molecule has 78 valence electrons. The van der Waals surface area contributed by atoms with E-state index < -0.39 is 10.8 Å². The molecule has 2 atom stereocenters. The molecule has 0 amide bonds. The predicted molar refractivity (Wildman–Crippen MR) is 53.9 cm³/mol. The Morgan fingerprint density at radius 1 is 1.38 bits per heavy atom. The van der Waals surface area contributed by atoms with Gasteiger partial charge in [0.1, 0.15) is 0 Å². The molecule has 0 aliphatic carbocycles. The number of carbonyl (C=O) groups is 1. The minimum absolute atomic E-state index is 0.108. The van der Waals surface area contributed by atoms with Crippen LogP contribution in [0, 0.1) is 5.92 Å². The van der Waals surface area contributed by atoms with E-state index in [1.54, 1.807) is 13.8 Å². The molecule has 2 unspecified atom stereocenters. The first-order valence-electron chi connectivity index (χ1n) is 4.52. The second-order valence-electron chi connectivity index (χ2n) is 3.25. The van der Waals surface area contributed by atoms with Crippen LogP contribution in [0.25, 0.3) is 0 Å². The summed E-state index contributed by atoms with van der Waals surface area (Å²) in [6, 6.07) is 0. The minimum Gasteiger partial charge on any atom is -0.466 e. The van der Waals surface area contributed by atoms with Gasteiger partial charge in [0.15, 0.2) is 0 Å². The van der Waals surface area contributed by atoms with Gasteiger partial charge in [0.2, 0.25) is 0 Å². The van der Waals surface area contributed by atoms with Crippen LogP contribution in [0.2, 0.25) is 0 Å². The van der Waals surface area contributed by atoms with Crippen LogP contribution in [-0.4, -0.2) is 27.8 Å². The highest BCUT2D eigenvalue weighted by atomic mass is 32.2. The van der Waals surface area contributed by atoms with Crippen molar-refractivity contribution < 1.29 is 13.7 Å². The molecule has 0 spiro atoms. The molecule has 0 rings (SSSR count). The SMILES string of the molecule is CCOC(=O)C(C)CS(=O)C(C)C. The van der Waals surface area contributed by atoms with Gasteiger partial charge in [0, 0.05) is 21.8 Å². The molecule has 3 nitrogen and oxygen atoms in total. The van der Waals surface area contributed by atoms with Gasteiger partial charge >= 0.3 is 5.97 Å². The third-order valence-electron chi connectivity index (χ3n) is 1.63. The molecule has 4 heteroatoms. The molecular weight excluding hydrogens is 188 g/mol. The first-order valence-corrected chi connectivity index (χ1v) is 5.91. The van der Waals surface area contributed by atoms with Gasteiger partial charge in [-0.05, 0) is 6.92 Å². The highest BCUT2D eigenvalue weighted by Crippen LogP contribution is 2.05. The predicted octanol–water partition coefficient (Wildman–Crippen LogP) is 1.34. The van der Waals surface area contributed by atoms with E-state index in [-0.39, 0.29) is 17.1 Å². The van der Waals surface area contributed by atoms with E-state index in [9.17, 15) is 9.00 Å². The standard InChI is InChI=1S/C9H18O3S/c1-5-12-9(10)8(4)6-13(11)7(2)3/h7-8H,5-6H2,1-4H3. The van der Waals surface area contributed by atoms with Gasteiger partial charge in [-0.3, -0.25) is 9.00 Å². The van der Waals surface area contributed by atoms with E-state index in [0.29, 0.717) is 12.4 Å². The van der Waals surface area contributed by atoms with E-state index >= 15 is 0 Å². The minimum atomic E-state index is -0.927. The van der Waals surface area contributed by atoms with Crippen molar-refractivity contribution in [3.63, 3.8) is 0 Å². The number of ether oxygens (including phenoxy) is 1. The topological polar surface area (TPSA) is 43.4 Å². The molecule has 0 aliphatic heterocycles. The maximum atomic E-state index is 11.4. The molecule has 13 heavy (non-hydrogen) atoms. The Balaban J connectivity index is 3.92. The Bertz CT molecular complexity index is 189. The van der Waals surface area contributed by atoms with Crippen molar-refractivity contribution in [2.24, 2.45) is 5.92 Å². The van der Waals surface area contributed by atoms with E-state index in [4.69, 9.17) is 4.74 Å². The van der Waals surface area contributed by atoms with Crippen LogP contribution in [0.5, 0.6) is 0 Å². The molecule has 0 heterocycles. The maximum absolute atomic E-state index is 11.4. The molecule has 0 aromatic heterocycles. The second-order valence-corrected chi connectivity index (χ2v) is 5.29. The number of hydrogen-bond donors (Lipinski definition) is 0. The van der Waals surface area contributed by atoms with Gasteiger partial charge < -0.3 is 4.74 Å². The van der Waals surface area contributed by atoms with Gasteiger partial charge in [0.05, 0.1) is 12.5 Å². The van der Waals surface area contributed by atoms with Gasteiger partial charge in [-0.1, -0.05) is 20.8 Å². The Hall–Kier alpha value is -0.380. The van der Waals surface area contributed by atoms with Crippen molar-refractivity contribution in [1.29, 1.82) is 0 Å². The molecular formula is C9H18O3S. The van der Waals surface area contributed by atoms with E-state index in [2.05, 4.69) is 0 Å². The first kappa shape index (κ1) is 12.6. The van der Waals surface area contributed by atoms with Crippen LogP contribution in [0.1, 0.15) is 27.7 Å². The lowest BCUT2D eigenvalue weighted by Gasteiger charge is -2.11. The summed E-state index contributed by atoms with van der Waals surface area (Å²) in [5.74, 6) is -0.115. The average Bonchev–Trinajstić information content (AvgIpc) is 2.04. The Morgan fingerprint density at radius 2 is 1.92 bits per heavy atom. The highest BCUT2D eigenvalue weighted by molar-refractivity contribution is 7.85. The fourth-order valence-corrected chi connectivity index (χ4v) is 1.81. The van der Waals surface area contributed by atoms with Crippen LogP contribution >= 0.6 is 0 Å². The van der Waals surface area contributed by atoms with E-state index in [1.807, 2.05) is 13.8 Å². The number of esters is 1. The molecule has 0 aromatic rings. The molecule has 0 N–H and O–H groups in total. The normalized spacial score (nSPS) is 15.5. The summed E-state index contributed by atoms with van der Waals surface area (Å²) in [6.07, 6.45) is 0. The monoisotopic (exact) mass is 206 g/mol. The third-order valence-corrected chi connectivity index (χ3v) is 3.51. The van der Waals surface area contributed by atoms with E-state index in [0.717, 1.165) is 0 Å². The molecule has 0 fully saturated rings. The quantitative estimate of drug-likeness (QED) is 0.638. The maximum Gasteiger partial charge on any atom is 0.309 e. The zero-order valence-electron chi connectivity index (χ0n) is 8.70. The molecule has 0 aliphatic rings. The van der Waals surface area contributed by atoms with Crippen LogP contribution < -0.4 is 0 Å². The fourth-order valence-electron chi connectivity index (χ4n) is 0.791. The molecule has 0 aromatic carbocycles. The zero-order chi connectivity index (χ0) is 10.4. The smallest absolute Gasteiger partial charge is 0.309 e. The summed E-state index contributed by atoms with van der Waals surface area (Å²) in [5, 5.41) is 0.108. The second kappa shape index (κ2) is 6.13. The Kier molecular flexibility index (Phi) is 5.95. The molecule has 0 bridgehead atoms. The summed E-state index contributed by atoms with van der Waals surface area (Å²) >= 11 is 0. The van der Waals surface area contributed by atoms with Crippen LogP contribution in [0.4, 0.5) is 0 Å². The van der Waals surface area contributed by atoms with Crippen LogP contribution in [-0.2, 0) is 20.3 Å². The largest absolute Gasteiger partial charge is 0.466 e. The average molecular weight is 206 g/mol. The Labute approximate surface area is 82.3 Å². The molecule has 0 radical (unpaired) electrons. The lowest BCUT2D eigenvalue weighted by molar-refractivity contribution is -0.146. The third kappa shape index (κ3) is 5.03. The van der Waals surface area contributed by atoms with Crippen molar-refractivity contribution in [3.05, 3.63) is 0 Å². The highest BCUT2D eigenvalue weighted by Gasteiger charge is 2.18. The van der Waals surface area contributed by atoms with Gasteiger partial charge in [-0.2, -0.15) is 0 Å². The molecule has 0 saturated heterocycles. The first-order chi connectivity index (χ1) is 5.99. The van der Waals surface area contributed by atoms with Crippen molar-refractivity contribution in [2.75, 3.05) is 12.4 Å². The molecule has 0 saturated carbocycles. The summed E-state index contributed by atoms with van der Waals surface area (Å²) in [4.78, 5) is 11.1. The number of rotatable bonds is 5. The van der Waals surface area contributed by atoms with Gasteiger partial charge in [-0.25, -0.2) is 0 Å². The van der Waals surface area contributed by atoms with Crippen LogP contribution in [0.3, 0.4) is 0 Å². The lowest BCUT2D eigenvalue weighted by Crippen LogP contribution is -2.23. The van der Waals surface area contributed by atoms with Crippen LogP contribution in [0.15, 0.2) is 0 Å².